The molecule has 5 rings (SSSR count). The highest BCUT2D eigenvalue weighted by Crippen LogP contribution is 2.60. The van der Waals surface area contributed by atoms with Crippen molar-refractivity contribution >= 4 is 34.8 Å². The van der Waals surface area contributed by atoms with Crippen LogP contribution in [0.3, 0.4) is 0 Å². The Morgan fingerprint density at radius 3 is 2.33 bits per heavy atom. The van der Waals surface area contributed by atoms with Crippen LogP contribution >= 0.6 is 23.2 Å². The molecule has 4 aliphatic carbocycles. The Morgan fingerprint density at radius 1 is 1.19 bits per heavy atom. The number of carbonyl (C=O) groups excluding carboxylic acids is 1. The van der Waals surface area contributed by atoms with Gasteiger partial charge in [0.1, 0.15) is 5.75 Å². The molecule has 0 aliphatic heterocycles. The third-order valence-electron chi connectivity index (χ3n) is 6.71. The molecule has 0 saturated heterocycles. The first-order valence-corrected chi connectivity index (χ1v) is 10.6. The van der Waals surface area contributed by atoms with Crippen LogP contribution in [0, 0.1) is 23.2 Å². The van der Waals surface area contributed by atoms with Crippen LogP contribution in [0.5, 0.6) is 5.75 Å². The maximum absolute atomic E-state index is 12.4. The molecule has 4 saturated carbocycles. The summed E-state index contributed by atoms with van der Waals surface area (Å²) in [6.07, 6.45) is 7.18. The van der Waals surface area contributed by atoms with Gasteiger partial charge in [0.2, 0.25) is 0 Å². The van der Waals surface area contributed by atoms with E-state index in [0.29, 0.717) is 15.8 Å². The molecule has 4 aliphatic rings. The zero-order valence-electron chi connectivity index (χ0n) is 15.8. The molecule has 6 heteroatoms. The Kier molecular flexibility index (Phi) is 5.15. The second kappa shape index (κ2) is 7.29. The summed E-state index contributed by atoms with van der Waals surface area (Å²) >= 11 is 12.0. The van der Waals surface area contributed by atoms with Gasteiger partial charge >= 0.3 is 0 Å². The minimum Gasteiger partial charge on any atom is -0.479 e. The molecule has 0 aromatic heterocycles. The van der Waals surface area contributed by atoms with Crippen LogP contribution in [-0.4, -0.2) is 17.7 Å². The van der Waals surface area contributed by atoms with Crippen molar-refractivity contribution in [2.24, 2.45) is 28.3 Å². The summed E-state index contributed by atoms with van der Waals surface area (Å²) in [5, 5.41) is 5.41. The molecule has 0 spiro atoms. The average Bonchev–Trinajstić information content (AvgIpc) is 2.60. The molecule has 4 nitrogen and oxygen atoms in total. The summed E-state index contributed by atoms with van der Waals surface area (Å²) in [4.78, 5) is 12.4. The Morgan fingerprint density at radius 2 is 1.78 bits per heavy atom. The van der Waals surface area contributed by atoms with Gasteiger partial charge in [0.15, 0.2) is 6.10 Å². The van der Waals surface area contributed by atoms with E-state index in [0.717, 1.165) is 23.5 Å². The van der Waals surface area contributed by atoms with Gasteiger partial charge in [-0.15, -0.1) is 0 Å². The van der Waals surface area contributed by atoms with E-state index in [-0.39, 0.29) is 11.3 Å². The molecular weight excluding hydrogens is 383 g/mol. The second-order valence-electron chi connectivity index (χ2n) is 8.71. The number of halogens is 2. The molecule has 1 unspecified atom stereocenters. The zero-order valence-corrected chi connectivity index (χ0v) is 17.3. The maximum Gasteiger partial charge on any atom is 0.280 e. The highest BCUT2D eigenvalue weighted by Gasteiger charge is 2.52. The third kappa shape index (κ3) is 3.84. The van der Waals surface area contributed by atoms with E-state index in [1.807, 2.05) is 0 Å². The Bertz CT molecular complexity index is 742. The van der Waals surface area contributed by atoms with Gasteiger partial charge in [-0.1, -0.05) is 23.2 Å². The predicted octanol–water partition coefficient (Wildman–Crippen LogP) is 5.47. The summed E-state index contributed by atoms with van der Waals surface area (Å²) in [6.45, 7) is 3.77. The molecule has 1 amide bonds. The van der Waals surface area contributed by atoms with Crippen LogP contribution < -0.4 is 10.2 Å². The number of hydrazone groups is 1. The third-order valence-corrected chi connectivity index (χ3v) is 7.24. The lowest BCUT2D eigenvalue weighted by Gasteiger charge is -2.56. The summed E-state index contributed by atoms with van der Waals surface area (Å²) < 4.78 is 5.67. The van der Waals surface area contributed by atoms with E-state index < -0.39 is 6.10 Å². The molecular formula is C21H26Cl2N2O2. The first-order chi connectivity index (χ1) is 12.8. The quantitative estimate of drug-likeness (QED) is 0.518. The number of rotatable bonds is 5. The van der Waals surface area contributed by atoms with Gasteiger partial charge in [0, 0.05) is 16.1 Å². The van der Waals surface area contributed by atoms with E-state index in [2.05, 4.69) is 17.5 Å². The highest BCUT2D eigenvalue weighted by atomic mass is 35.5. The van der Waals surface area contributed by atoms with Crippen LogP contribution in [-0.2, 0) is 4.79 Å². The van der Waals surface area contributed by atoms with Gasteiger partial charge in [-0.05, 0) is 88.3 Å². The lowest BCUT2D eigenvalue weighted by Crippen LogP contribution is -2.50. The number of benzene rings is 1. The zero-order chi connectivity index (χ0) is 19.2. The van der Waals surface area contributed by atoms with Crippen molar-refractivity contribution in [3.8, 4) is 5.75 Å². The number of ether oxygens (including phenoxy) is 1. The van der Waals surface area contributed by atoms with Crippen LogP contribution in [0.2, 0.25) is 10.0 Å². The van der Waals surface area contributed by atoms with Crippen molar-refractivity contribution in [2.75, 3.05) is 0 Å². The first kappa shape index (κ1) is 19.1. The summed E-state index contributed by atoms with van der Waals surface area (Å²) in [6, 6.07) is 4.94. The fraction of sp³-hybridized carbons (Fsp3) is 0.619. The molecule has 1 aromatic carbocycles. The topological polar surface area (TPSA) is 50.7 Å². The highest BCUT2D eigenvalue weighted by molar-refractivity contribution is 6.35. The molecule has 27 heavy (non-hydrogen) atoms. The summed E-state index contributed by atoms with van der Waals surface area (Å²) in [5.41, 5.74) is 3.99. The molecule has 1 atom stereocenters. The first-order valence-electron chi connectivity index (χ1n) is 9.81. The number of hydrogen-bond donors (Lipinski definition) is 1. The number of nitrogens with one attached hydrogen (secondary N) is 1. The maximum atomic E-state index is 12.4. The van der Waals surface area contributed by atoms with Crippen LogP contribution in [0.1, 0.15) is 52.4 Å². The van der Waals surface area contributed by atoms with Crippen molar-refractivity contribution in [2.45, 2.75) is 58.5 Å². The Balaban J connectivity index is 1.39. The van der Waals surface area contributed by atoms with Gasteiger partial charge < -0.3 is 4.74 Å². The minimum atomic E-state index is -0.698. The standard InChI is InChI=1S/C21H26Cl2N2O2/c1-12(27-19-4-3-17(22)8-18(19)23)20(26)25-24-13(2)21-9-14-5-15(10-21)7-16(6-14)11-21/h3-4,8,12,14-16H,5-7,9-11H2,1-2H3,(H,25,26). The molecule has 1 N–H and O–H groups in total. The van der Waals surface area contributed by atoms with E-state index >= 15 is 0 Å². The SMILES string of the molecule is CC(=NNC(=O)C(C)Oc1ccc(Cl)cc1Cl)C12CC3CC(CC(C3)C1)C2. The van der Waals surface area contributed by atoms with Gasteiger partial charge in [-0.25, -0.2) is 5.43 Å². The largest absolute Gasteiger partial charge is 0.479 e. The Labute approximate surface area is 170 Å². The van der Waals surface area contributed by atoms with Crippen molar-refractivity contribution in [1.82, 2.24) is 5.43 Å². The van der Waals surface area contributed by atoms with Crippen LogP contribution in [0.25, 0.3) is 0 Å². The fourth-order valence-corrected chi connectivity index (χ4v) is 6.17. The van der Waals surface area contributed by atoms with Crippen LogP contribution in [0.4, 0.5) is 0 Å². The monoisotopic (exact) mass is 408 g/mol. The van der Waals surface area contributed by atoms with Crippen LogP contribution in [0.15, 0.2) is 23.3 Å². The average molecular weight is 409 g/mol. The van der Waals surface area contributed by atoms with Crippen molar-refractivity contribution in [3.05, 3.63) is 28.2 Å². The van der Waals surface area contributed by atoms with Crippen molar-refractivity contribution in [1.29, 1.82) is 0 Å². The molecule has 4 bridgehead atoms. The van der Waals surface area contributed by atoms with E-state index in [1.54, 1.807) is 25.1 Å². The van der Waals surface area contributed by atoms with E-state index in [4.69, 9.17) is 27.9 Å². The van der Waals surface area contributed by atoms with Crippen molar-refractivity contribution in [3.63, 3.8) is 0 Å². The second-order valence-corrected chi connectivity index (χ2v) is 9.55. The minimum absolute atomic E-state index is 0.200. The molecule has 0 radical (unpaired) electrons. The smallest absolute Gasteiger partial charge is 0.280 e. The Hall–Kier alpha value is -1.26. The number of amides is 1. The van der Waals surface area contributed by atoms with Gasteiger partial charge in [0.05, 0.1) is 5.02 Å². The van der Waals surface area contributed by atoms with Crippen molar-refractivity contribution < 1.29 is 9.53 Å². The predicted molar refractivity (Wildman–Crippen MR) is 108 cm³/mol. The number of carbonyl (C=O) groups is 1. The number of hydrogen-bond acceptors (Lipinski definition) is 3. The summed E-state index contributed by atoms with van der Waals surface area (Å²) in [5.74, 6) is 2.72. The number of nitrogens with zero attached hydrogens (tertiary/aromatic N) is 1. The lowest BCUT2D eigenvalue weighted by molar-refractivity contribution is -0.127. The van der Waals surface area contributed by atoms with E-state index in [1.165, 1.54) is 38.5 Å². The van der Waals surface area contributed by atoms with Gasteiger partial charge in [-0.2, -0.15) is 5.10 Å². The van der Waals surface area contributed by atoms with E-state index in [9.17, 15) is 4.79 Å². The molecule has 0 heterocycles. The summed E-state index contributed by atoms with van der Waals surface area (Å²) in [7, 11) is 0. The molecule has 1 aromatic rings. The van der Waals surface area contributed by atoms with Gasteiger partial charge in [0.25, 0.3) is 5.91 Å². The molecule has 146 valence electrons. The molecule has 4 fully saturated rings. The lowest BCUT2D eigenvalue weighted by atomic mass is 9.48. The van der Waals surface area contributed by atoms with Gasteiger partial charge in [-0.3, -0.25) is 4.79 Å². The fourth-order valence-electron chi connectivity index (χ4n) is 5.72. The normalized spacial score (nSPS) is 33.0.